The number of carboxylic acid groups (broad SMARTS) is 2. The molecule has 0 aromatic carbocycles. The Morgan fingerprint density at radius 2 is 1.81 bits per heavy atom. The first kappa shape index (κ1) is 29.3. The minimum atomic E-state index is -5.08. The molecule has 4 heterocycles. The lowest BCUT2D eigenvalue weighted by molar-refractivity contribution is -0.193. The molecule has 2 atom stereocenters. The predicted octanol–water partition coefficient (Wildman–Crippen LogP) is 3.94. The lowest BCUT2D eigenvalue weighted by Crippen LogP contribution is -2.36. The molecule has 0 bridgehead atoms. The average Bonchev–Trinajstić information content (AvgIpc) is 3.49. The summed E-state index contributed by atoms with van der Waals surface area (Å²) < 4.78 is 75.2. The second kappa shape index (κ2) is 12.4. The van der Waals surface area contributed by atoms with E-state index in [4.69, 9.17) is 29.3 Å². The Morgan fingerprint density at radius 1 is 1.17 bits per heavy atom. The van der Waals surface area contributed by atoms with Crippen molar-refractivity contribution in [2.75, 3.05) is 32.9 Å². The zero-order valence-corrected chi connectivity index (χ0v) is 19.3. The average molecular weight is 544 g/mol. The van der Waals surface area contributed by atoms with Crippen LogP contribution in [0.5, 0.6) is 5.75 Å². The summed E-state index contributed by atoms with van der Waals surface area (Å²) in [7, 11) is 0. The first-order valence-electron chi connectivity index (χ1n) is 10.2. The van der Waals surface area contributed by atoms with Crippen molar-refractivity contribution in [2.45, 2.75) is 18.9 Å². The summed E-state index contributed by atoms with van der Waals surface area (Å²) in [6, 6.07) is 6.09. The van der Waals surface area contributed by atoms with Crippen molar-refractivity contribution in [1.82, 2.24) is 9.88 Å². The number of alkyl halides is 6. The van der Waals surface area contributed by atoms with Crippen molar-refractivity contribution in [2.24, 2.45) is 11.3 Å². The van der Waals surface area contributed by atoms with Gasteiger partial charge in [-0.15, -0.1) is 0 Å². The van der Waals surface area contributed by atoms with E-state index < -0.39 is 24.3 Å². The van der Waals surface area contributed by atoms with Gasteiger partial charge in [0.05, 0.1) is 26.0 Å². The molecule has 200 valence electrons. The number of pyridine rings is 1. The highest BCUT2D eigenvalue weighted by Crippen LogP contribution is 2.42. The summed E-state index contributed by atoms with van der Waals surface area (Å²) in [4.78, 5) is 24.4. The van der Waals surface area contributed by atoms with Gasteiger partial charge in [-0.05, 0) is 34.5 Å². The summed E-state index contributed by atoms with van der Waals surface area (Å²) in [6.45, 7) is 5.56. The minimum Gasteiger partial charge on any atom is -0.491 e. The smallest absolute Gasteiger partial charge is 0.490 e. The fourth-order valence-electron chi connectivity index (χ4n) is 3.57. The molecule has 2 saturated heterocycles. The van der Waals surface area contributed by atoms with Crippen LogP contribution < -0.4 is 4.74 Å². The lowest BCUT2D eigenvalue weighted by Gasteiger charge is -2.27. The predicted molar refractivity (Wildman–Crippen MR) is 113 cm³/mol. The van der Waals surface area contributed by atoms with Crippen LogP contribution in [0, 0.1) is 11.3 Å². The molecule has 2 fully saturated rings. The fraction of sp³-hybridized carbons (Fsp3) is 0.476. The summed E-state index contributed by atoms with van der Waals surface area (Å²) >= 11 is 1.77. The molecule has 0 radical (unpaired) electrons. The second-order valence-corrected chi connectivity index (χ2v) is 8.74. The Kier molecular flexibility index (Phi) is 10.1. The molecule has 2 aliphatic rings. The lowest BCUT2D eigenvalue weighted by atomic mass is 9.82. The first-order chi connectivity index (χ1) is 16.7. The van der Waals surface area contributed by atoms with Crippen molar-refractivity contribution < 1.29 is 55.6 Å². The van der Waals surface area contributed by atoms with Gasteiger partial charge in [-0.2, -0.15) is 37.7 Å². The van der Waals surface area contributed by atoms with Crippen LogP contribution in [0.3, 0.4) is 0 Å². The number of hydrogen-bond donors (Lipinski definition) is 2. The molecule has 0 spiro atoms. The summed E-state index contributed by atoms with van der Waals surface area (Å²) in [5.41, 5.74) is 1.54. The molecule has 15 heteroatoms. The van der Waals surface area contributed by atoms with Crippen molar-refractivity contribution in [3.63, 3.8) is 0 Å². The van der Waals surface area contributed by atoms with Crippen LogP contribution in [0.4, 0.5) is 26.3 Å². The number of hydrogen-bond acceptors (Lipinski definition) is 7. The number of halogens is 6. The SMILES string of the molecule is O=C(O)C(F)(F)F.O=C(O)C(F)(F)F.c1cncc(OC[C@]23COC[C@H]2CN(Cc2ccsc2)C3)c1. The van der Waals surface area contributed by atoms with Gasteiger partial charge in [0.2, 0.25) is 0 Å². The van der Waals surface area contributed by atoms with Gasteiger partial charge in [0, 0.05) is 37.2 Å². The third-order valence-corrected chi connectivity index (χ3v) is 5.96. The normalized spacial score (nSPS) is 21.4. The minimum absolute atomic E-state index is 0.131. The maximum atomic E-state index is 10.6. The van der Waals surface area contributed by atoms with Gasteiger partial charge >= 0.3 is 24.3 Å². The van der Waals surface area contributed by atoms with Crippen LogP contribution in [0.2, 0.25) is 0 Å². The maximum Gasteiger partial charge on any atom is 0.490 e. The number of rotatable bonds is 5. The Labute approximate surface area is 205 Å². The summed E-state index contributed by atoms with van der Waals surface area (Å²) in [5.74, 6) is -4.10. The zero-order chi connectivity index (χ0) is 27.0. The van der Waals surface area contributed by atoms with E-state index in [9.17, 15) is 26.3 Å². The number of likely N-dealkylation sites (tertiary alicyclic amines) is 1. The van der Waals surface area contributed by atoms with Crippen LogP contribution in [0.1, 0.15) is 5.56 Å². The number of fused-ring (bicyclic) bond motifs is 1. The quantitative estimate of drug-likeness (QED) is 0.545. The van der Waals surface area contributed by atoms with E-state index >= 15 is 0 Å². The van der Waals surface area contributed by atoms with Crippen LogP contribution in [-0.4, -0.2) is 77.3 Å². The molecule has 0 saturated carbocycles. The number of carbonyl (C=O) groups is 2. The summed E-state index contributed by atoms with van der Waals surface area (Å²) in [5, 5.41) is 18.6. The van der Waals surface area contributed by atoms with Crippen LogP contribution in [0.15, 0.2) is 41.4 Å². The van der Waals surface area contributed by atoms with Crippen molar-refractivity contribution >= 4 is 23.3 Å². The molecule has 0 aliphatic carbocycles. The number of aliphatic carboxylic acids is 2. The van der Waals surface area contributed by atoms with E-state index in [1.807, 2.05) is 12.1 Å². The summed E-state index contributed by atoms with van der Waals surface area (Å²) in [6.07, 6.45) is -6.62. The molecule has 2 N–H and O–H groups in total. The third-order valence-electron chi connectivity index (χ3n) is 5.22. The molecule has 2 aromatic rings. The number of thiophene rings is 1. The number of nitrogens with zero attached hydrogens (tertiary/aromatic N) is 2. The Hall–Kier alpha value is -2.91. The van der Waals surface area contributed by atoms with E-state index in [-0.39, 0.29) is 5.41 Å². The Bertz CT molecular complexity index is 950. The van der Waals surface area contributed by atoms with Gasteiger partial charge in [0.25, 0.3) is 0 Å². The van der Waals surface area contributed by atoms with Gasteiger partial charge in [0.15, 0.2) is 0 Å². The third kappa shape index (κ3) is 8.95. The molecule has 4 rings (SSSR count). The first-order valence-corrected chi connectivity index (χ1v) is 11.1. The monoisotopic (exact) mass is 544 g/mol. The maximum absolute atomic E-state index is 10.6. The van der Waals surface area contributed by atoms with E-state index in [1.54, 1.807) is 23.7 Å². The van der Waals surface area contributed by atoms with Crippen molar-refractivity contribution in [3.8, 4) is 5.75 Å². The molecule has 2 aliphatic heterocycles. The Balaban J connectivity index is 0.000000271. The number of ether oxygens (including phenoxy) is 2. The Morgan fingerprint density at radius 3 is 2.31 bits per heavy atom. The number of carboxylic acids is 2. The van der Waals surface area contributed by atoms with Crippen LogP contribution in [0.25, 0.3) is 0 Å². The molecular formula is C21H22F6N2O6S. The highest BCUT2D eigenvalue weighted by molar-refractivity contribution is 7.07. The topological polar surface area (TPSA) is 109 Å². The molecule has 0 unspecified atom stereocenters. The highest BCUT2D eigenvalue weighted by Gasteiger charge is 2.51. The van der Waals surface area contributed by atoms with Crippen LogP contribution >= 0.6 is 11.3 Å². The van der Waals surface area contributed by atoms with E-state index in [0.717, 1.165) is 38.6 Å². The zero-order valence-electron chi connectivity index (χ0n) is 18.5. The van der Waals surface area contributed by atoms with Gasteiger partial charge in [-0.25, -0.2) is 9.59 Å². The molecule has 36 heavy (non-hydrogen) atoms. The van der Waals surface area contributed by atoms with Crippen molar-refractivity contribution in [3.05, 3.63) is 46.9 Å². The fourth-order valence-corrected chi connectivity index (χ4v) is 4.23. The van der Waals surface area contributed by atoms with Gasteiger partial charge in [0.1, 0.15) is 5.75 Å². The molecule has 0 amide bonds. The number of aromatic nitrogens is 1. The largest absolute Gasteiger partial charge is 0.491 e. The standard InChI is InChI=1S/C17H20N2O2S.2C2HF3O2/c1-2-16(6-18-4-1)21-13-17-11-19(7-14-3-5-22-10-14)8-15(17)9-20-12-17;2*3-2(4,5)1(6)7/h1-6,10,15H,7-9,11-13H2;2*(H,6,7)/t15-,17+;;/m1../s1. The molecular weight excluding hydrogens is 522 g/mol. The van der Waals surface area contributed by atoms with E-state index in [2.05, 4.69) is 26.7 Å². The van der Waals surface area contributed by atoms with Crippen molar-refractivity contribution in [1.29, 1.82) is 0 Å². The van der Waals surface area contributed by atoms with Gasteiger partial charge in [-0.3, -0.25) is 9.88 Å². The highest BCUT2D eigenvalue weighted by atomic mass is 32.1. The van der Waals surface area contributed by atoms with E-state index in [1.165, 1.54) is 5.56 Å². The van der Waals surface area contributed by atoms with Gasteiger partial charge in [-0.1, -0.05) is 0 Å². The van der Waals surface area contributed by atoms with Gasteiger partial charge < -0.3 is 19.7 Å². The van der Waals surface area contributed by atoms with Crippen LogP contribution in [-0.2, 0) is 20.9 Å². The molecule has 2 aromatic heterocycles. The molecule has 8 nitrogen and oxygen atoms in total. The van der Waals surface area contributed by atoms with E-state index in [0.29, 0.717) is 12.5 Å². The second-order valence-electron chi connectivity index (χ2n) is 7.96.